The standard InChI is InChI=1S/C39H26N4O/c1-3-11-25(12-4-1)37-40-38(26-13-5-2-6-14-26)42-39(41-37)43-33-17-9-7-15-29(33)31-23-27(19-21-34(31)43)28-20-22-36-32(24-28)30-16-8-10-18-35(30)44-36/h1-24,37H,(H,40,41,42). The molecule has 5 heteroatoms. The molecule has 44 heavy (non-hydrogen) atoms. The molecule has 1 N–H and O–H groups in total. The lowest BCUT2D eigenvalue weighted by Gasteiger charge is -2.24. The monoisotopic (exact) mass is 566 g/mol. The maximum atomic E-state index is 6.09. The van der Waals surface area contributed by atoms with Gasteiger partial charge in [0.15, 0.2) is 0 Å². The Hall–Kier alpha value is -5.94. The van der Waals surface area contributed by atoms with Gasteiger partial charge in [0.1, 0.15) is 23.2 Å². The number of furan rings is 1. The molecule has 5 nitrogen and oxygen atoms in total. The van der Waals surface area contributed by atoms with Crippen LogP contribution in [0.1, 0.15) is 17.3 Å². The third kappa shape index (κ3) is 3.94. The van der Waals surface area contributed by atoms with E-state index in [1.165, 1.54) is 0 Å². The van der Waals surface area contributed by atoms with Gasteiger partial charge in [0, 0.05) is 27.1 Å². The van der Waals surface area contributed by atoms with Crippen LogP contribution in [0.3, 0.4) is 0 Å². The van der Waals surface area contributed by atoms with Crippen molar-refractivity contribution in [3.8, 4) is 11.1 Å². The van der Waals surface area contributed by atoms with Gasteiger partial charge >= 0.3 is 0 Å². The van der Waals surface area contributed by atoms with E-state index in [9.17, 15) is 0 Å². The zero-order valence-electron chi connectivity index (χ0n) is 23.7. The molecule has 0 bridgehead atoms. The molecule has 1 unspecified atom stereocenters. The van der Waals surface area contributed by atoms with Crippen LogP contribution in [0.2, 0.25) is 0 Å². The normalized spacial score (nSPS) is 15.0. The molecule has 8 aromatic rings. The average Bonchev–Trinajstić information content (AvgIpc) is 3.64. The van der Waals surface area contributed by atoms with Crippen LogP contribution >= 0.6 is 0 Å². The van der Waals surface area contributed by atoms with Gasteiger partial charge in [-0.3, -0.25) is 4.57 Å². The number of hydrogen-bond acceptors (Lipinski definition) is 4. The second-order valence-electron chi connectivity index (χ2n) is 11.1. The predicted molar refractivity (Wildman–Crippen MR) is 180 cm³/mol. The van der Waals surface area contributed by atoms with E-state index in [0.29, 0.717) is 5.96 Å². The lowest BCUT2D eigenvalue weighted by Crippen LogP contribution is -2.35. The van der Waals surface area contributed by atoms with Gasteiger partial charge < -0.3 is 9.73 Å². The number of nitrogens with one attached hydrogen (secondary N) is 1. The van der Waals surface area contributed by atoms with Gasteiger partial charge in [0.25, 0.3) is 0 Å². The van der Waals surface area contributed by atoms with Crippen LogP contribution in [0.15, 0.2) is 160 Å². The summed E-state index contributed by atoms with van der Waals surface area (Å²) in [5.74, 6) is 1.45. The molecule has 3 heterocycles. The zero-order chi connectivity index (χ0) is 29.0. The molecule has 0 radical (unpaired) electrons. The quantitative estimate of drug-likeness (QED) is 0.232. The van der Waals surface area contributed by atoms with Gasteiger partial charge in [-0.1, -0.05) is 109 Å². The number of amidine groups is 1. The van der Waals surface area contributed by atoms with Crippen LogP contribution in [0.5, 0.6) is 0 Å². The molecule has 0 spiro atoms. The minimum absolute atomic E-state index is 0.272. The first-order chi connectivity index (χ1) is 21.8. The van der Waals surface area contributed by atoms with E-state index < -0.39 is 0 Å². The maximum Gasteiger partial charge on any atom is 0.234 e. The Bertz CT molecular complexity index is 2420. The van der Waals surface area contributed by atoms with Gasteiger partial charge in [-0.05, 0) is 53.1 Å². The van der Waals surface area contributed by atoms with Crippen LogP contribution in [0.4, 0.5) is 0 Å². The summed E-state index contributed by atoms with van der Waals surface area (Å²) in [6.45, 7) is 0. The fourth-order valence-electron chi connectivity index (χ4n) is 6.36. The van der Waals surface area contributed by atoms with Crippen molar-refractivity contribution in [2.45, 2.75) is 6.17 Å². The molecule has 0 saturated carbocycles. The molecular weight excluding hydrogens is 540 g/mol. The van der Waals surface area contributed by atoms with Crippen molar-refractivity contribution in [1.82, 2.24) is 9.88 Å². The van der Waals surface area contributed by atoms with E-state index in [1.807, 2.05) is 48.5 Å². The van der Waals surface area contributed by atoms with Gasteiger partial charge in [-0.2, -0.15) is 4.99 Å². The number of fused-ring (bicyclic) bond motifs is 6. The fourth-order valence-corrected chi connectivity index (χ4v) is 6.36. The molecule has 0 saturated heterocycles. The van der Waals surface area contributed by atoms with Gasteiger partial charge in [0.05, 0.1) is 11.0 Å². The topological polar surface area (TPSA) is 54.8 Å². The van der Waals surface area contributed by atoms with E-state index in [-0.39, 0.29) is 6.17 Å². The molecule has 9 rings (SSSR count). The van der Waals surface area contributed by atoms with Crippen molar-refractivity contribution < 1.29 is 4.42 Å². The minimum Gasteiger partial charge on any atom is -0.456 e. The van der Waals surface area contributed by atoms with Crippen LogP contribution < -0.4 is 5.32 Å². The lowest BCUT2D eigenvalue weighted by molar-refractivity contribution is 0.668. The highest BCUT2D eigenvalue weighted by Gasteiger charge is 2.23. The Morgan fingerprint density at radius 3 is 2.00 bits per heavy atom. The van der Waals surface area contributed by atoms with Crippen LogP contribution in [-0.2, 0) is 0 Å². The molecule has 1 atom stereocenters. The molecule has 2 aromatic heterocycles. The SMILES string of the molecule is c1ccc(C2=NC(n3c4ccccc4c4cc(-c5ccc6oc7ccccc7c6c5)ccc43)=NC(c3ccccc3)N2)cc1. The van der Waals surface area contributed by atoms with Crippen LogP contribution in [0.25, 0.3) is 54.9 Å². The van der Waals surface area contributed by atoms with Crippen molar-refractivity contribution in [3.63, 3.8) is 0 Å². The second kappa shape index (κ2) is 9.82. The van der Waals surface area contributed by atoms with E-state index >= 15 is 0 Å². The molecule has 1 aliphatic heterocycles. The predicted octanol–water partition coefficient (Wildman–Crippen LogP) is 9.31. The van der Waals surface area contributed by atoms with E-state index in [1.54, 1.807) is 0 Å². The fraction of sp³-hybridized carbons (Fsp3) is 0.0256. The van der Waals surface area contributed by atoms with Gasteiger partial charge in [-0.15, -0.1) is 0 Å². The Kier molecular flexibility index (Phi) is 5.50. The van der Waals surface area contributed by atoms with Gasteiger partial charge in [0.2, 0.25) is 5.96 Å². The highest BCUT2D eigenvalue weighted by atomic mass is 16.3. The highest BCUT2D eigenvalue weighted by Crippen LogP contribution is 2.36. The summed E-state index contributed by atoms with van der Waals surface area (Å²) in [5, 5.41) is 8.14. The number of para-hydroxylation sites is 2. The number of benzene rings is 6. The minimum atomic E-state index is -0.272. The second-order valence-corrected chi connectivity index (χ2v) is 11.1. The zero-order valence-corrected chi connectivity index (χ0v) is 23.7. The molecule has 1 aliphatic rings. The smallest absolute Gasteiger partial charge is 0.234 e. The summed E-state index contributed by atoms with van der Waals surface area (Å²) in [6.07, 6.45) is -0.272. The van der Waals surface area contributed by atoms with Crippen molar-refractivity contribution >= 4 is 55.5 Å². The van der Waals surface area contributed by atoms with Crippen LogP contribution in [-0.4, -0.2) is 16.4 Å². The summed E-state index contributed by atoms with van der Waals surface area (Å²) in [4.78, 5) is 10.3. The number of aliphatic imine (C=N–C) groups is 2. The molecule has 0 fully saturated rings. The summed E-state index contributed by atoms with van der Waals surface area (Å²) in [7, 11) is 0. The summed E-state index contributed by atoms with van der Waals surface area (Å²) < 4.78 is 8.28. The Balaban J connectivity index is 1.24. The Morgan fingerprint density at radius 1 is 0.523 bits per heavy atom. The van der Waals surface area contributed by atoms with E-state index in [4.69, 9.17) is 14.4 Å². The number of nitrogens with zero attached hydrogens (tertiary/aromatic N) is 3. The summed E-state index contributed by atoms with van der Waals surface area (Å²) >= 11 is 0. The van der Waals surface area contributed by atoms with Gasteiger partial charge in [-0.25, -0.2) is 4.99 Å². The number of rotatable bonds is 3. The summed E-state index contributed by atoms with van der Waals surface area (Å²) in [6, 6.07) is 50.4. The van der Waals surface area contributed by atoms with Crippen molar-refractivity contribution in [2.75, 3.05) is 0 Å². The molecule has 6 aromatic carbocycles. The molecule has 0 amide bonds. The molecular formula is C39H26N4O. The number of hydrogen-bond donors (Lipinski definition) is 1. The van der Waals surface area contributed by atoms with E-state index in [0.717, 1.165) is 71.8 Å². The third-order valence-electron chi connectivity index (χ3n) is 8.47. The third-order valence-corrected chi connectivity index (χ3v) is 8.47. The first-order valence-corrected chi connectivity index (χ1v) is 14.8. The van der Waals surface area contributed by atoms with E-state index in [2.05, 4.69) is 107 Å². The first kappa shape index (κ1) is 24.6. The maximum absolute atomic E-state index is 6.09. The van der Waals surface area contributed by atoms with Crippen molar-refractivity contribution in [1.29, 1.82) is 0 Å². The first-order valence-electron chi connectivity index (χ1n) is 14.8. The van der Waals surface area contributed by atoms with Crippen LogP contribution in [0, 0.1) is 0 Å². The Labute approximate surface area is 253 Å². The highest BCUT2D eigenvalue weighted by molar-refractivity contribution is 6.17. The average molecular weight is 567 g/mol. The lowest BCUT2D eigenvalue weighted by atomic mass is 10.0. The van der Waals surface area contributed by atoms with Crippen molar-refractivity contribution in [3.05, 3.63) is 157 Å². The largest absolute Gasteiger partial charge is 0.456 e. The van der Waals surface area contributed by atoms with Crippen molar-refractivity contribution in [2.24, 2.45) is 9.98 Å². The molecule has 208 valence electrons. The number of aromatic nitrogens is 1. The Morgan fingerprint density at radius 2 is 1.16 bits per heavy atom. The molecule has 0 aliphatic carbocycles. The summed E-state index contributed by atoms with van der Waals surface area (Å²) in [5.41, 5.74) is 8.34.